The molecule has 54 valence electrons. The molecule has 0 unspecified atom stereocenters. The molecule has 1 amide bonds. The lowest BCUT2D eigenvalue weighted by Crippen LogP contribution is -2.28. The number of amides is 1. The van der Waals surface area contributed by atoms with E-state index >= 15 is 0 Å². The van der Waals surface area contributed by atoms with Crippen LogP contribution in [0.3, 0.4) is 0 Å². The van der Waals surface area contributed by atoms with Crippen LogP contribution in [0.4, 0.5) is 0 Å². The molecule has 0 saturated heterocycles. The van der Waals surface area contributed by atoms with E-state index < -0.39 is 0 Å². The average Bonchev–Trinajstić information content (AvgIpc) is 2.09. The van der Waals surface area contributed by atoms with Gasteiger partial charge < -0.3 is 10.6 Å². The van der Waals surface area contributed by atoms with Crippen LogP contribution in [0.25, 0.3) is 0 Å². The van der Waals surface area contributed by atoms with Gasteiger partial charge in [0.05, 0.1) is 0 Å². The first-order chi connectivity index (χ1) is 4.66. The molecule has 1 aliphatic heterocycles. The third-order valence-electron chi connectivity index (χ3n) is 1.41. The molecule has 4 heteroatoms. The third kappa shape index (κ3) is 0.775. The van der Waals surface area contributed by atoms with Crippen molar-refractivity contribution in [3.05, 3.63) is 11.8 Å². The molecule has 0 aliphatic carbocycles. The number of likely N-dealkylation sites (N-methyl/N-ethyl adjacent to an activating group) is 1. The monoisotopic (exact) mass is 139 g/mol. The summed E-state index contributed by atoms with van der Waals surface area (Å²) in [5.74, 6) is 0.000556. The second-order valence-corrected chi connectivity index (χ2v) is 2.01. The smallest absolute Gasteiger partial charge is 0.296 e. The fourth-order valence-corrected chi connectivity index (χ4v) is 0.820. The molecule has 1 heterocycles. The maximum absolute atomic E-state index is 10.8. The van der Waals surface area contributed by atoms with Gasteiger partial charge in [0, 0.05) is 7.05 Å². The number of hydrogen-bond acceptors (Lipinski definition) is 3. The number of carbonyl (C=O) groups excluding carboxylic acids is 1. The van der Waals surface area contributed by atoms with E-state index in [2.05, 4.69) is 4.99 Å². The van der Waals surface area contributed by atoms with Crippen LogP contribution in [0, 0.1) is 0 Å². The van der Waals surface area contributed by atoms with Gasteiger partial charge >= 0.3 is 0 Å². The van der Waals surface area contributed by atoms with Gasteiger partial charge in [0.15, 0.2) is 0 Å². The molecule has 0 fully saturated rings. The molecule has 1 aliphatic rings. The minimum Gasteiger partial charge on any atom is -0.369 e. The second-order valence-electron chi connectivity index (χ2n) is 2.01. The summed E-state index contributed by atoms with van der Waals surface area (Å²) in [5.41, 5.74) is 5.89. The summed E-state index contributed by atoms with van der Waals surface area (Å²) < 4.78 is 0. The van der Waals surface area contributed by atoms with E-state index in [0.717, 1.165) is 0 Å². The van der Waals surface area contributed by atoms with Crippen molar-refractivity contribution in [2.75, 3.05) is 7.05 Å². The van der Waals surface area contributed by atoms with E-state index in [4.69, 9.17) is 5.73 Å². The number of aliphatic imine (C=N–C) groups is 1. The molecule has 0 saturated carbocycles. The summed E-state index contributed by atoms with van der Waals surface area (Å²) in [5, 5.41) is 0. The van der Waals surface area contributed by atoms with Crippen LogP contribution in [0.5, 0.6) is 0 Å². The zero-order valence-corrected chi connectivity index (χ0v) is 5.96. The van der Waals surface area contributed by atoms with Crippen LogP contribution in [-0.2, 0) is 4.79 Å². The van der Waals surface area contributed by atoms with Gasteiger partial charge in [-0.05, 0) is 6.92 Å². The highest BCUT2D eigenvalue weighted by molar-refractivity contribution is 6.09. The predicted octanol–water partition coefficient (Wildman–Crippen LogP) is -0.323. The van der Waals surface area contributed by atoms with E-state index in [1.807, 2.05) is 0 Å². The number of carbonyl (C=O) groups is 1. The van der Waals surface area contributed by atoms with E-state index in [9.17, 15) is 4.79 Å². The summed E-state index contributed by atoms with van der Waals surface area (Å²) in [4.78, 5) is 15.9. The van der Waals surface area contributed by atoms with Crippen molar-refractivity contribution in [2.45, 2.75) is 6.92 Å². The van der Waals surface area contributed by atoms with Crippen LogP contribution in [-0.4, -0.2) is 23.8 Å². The van der Waals surface area contributed by atoms with Crippen LogP contribution >= 0.6 is 0 Å². The SMILES string of the molecule is C/C=C1/C(=O)N=C(N)N1C. The minimum atomic E-state index is -0.262. The summed E-state index contributed by atoms with van der Waals surface area (Å²) >= 11 is 0. The van der Waals surface area contributed by atoms with Crippen molar-refractivity contribution in [3.63, 3.8) is 0 Å². The first-order valence-electron chi connectivity index (χ1n) is 2.95. The lowest BCUT2D eigenvalue weighted by atomic mass is 10.4. The lowest BCUT2D eigenvalue weighted by Gasteiger charge is -2.09. The summed E-state index contributed by atoms with van der Waals surface area (Å²) in [6.45, 7) is 1.78. The molecule has 0 aromatic heterocycles. The van der Waals surface area contributed by atoms with Crippen molar-refractivity contribution in [1.29, 1.82) is 0 Å². The number of allylic oxidation sites excluding steroid dienone is 1. The quantitative estimate of drug-likeness (QED) is 0.468. The molecule has 0 spiro atoms. The molecule has 10 heavy (non-hydrogen) atoms. The van der Waals surface area contributed by atoms with Gasteiger partial charge in [0.25, 0.3) is 5.91 Å². The zero-order valence-electron chi connectivity index (χ0n) is 5.96. The first-order valence-corrected chi connectivity index (χ1v) is 2.95. The number of nitrogens with zero attached hydrogens (tertiary/aromatic N) is 2. The maximum atomic E-state index is 10.8. The maximum Gasteiger partial charge on any atom is 0.296 e. The fourth-order valence-electron chi connectivity index (χ4n) is 0.820. The Labute approximate surface area is 59.0 Å². The average molecular weight is 139 g/mol. The molecule has 4 nitrogen and oxygen atoms in total. The summed E-state index contributed by atoms with van der Waals surface area (Å²) in [6.07, 6.45) is 1.69. The Morgan fingerprint density at radius 1 is 1.70 bits per heavy atom. The Morgan fingerprint density at radius 3 is 2.50 bits per heavy atom. The Balaban J connectivity index is 2.98. The Kier molecular flexibility index (Phi) is 1.45. The highest BCUT2D eigenvalue weighted by atomic mass is 16.2. The van der Waals surface area contributed by atoms with E-state index in [-0.39, 0.29) is 11.9 Å². The number of guanidine groups is 1. The Morgan fingerprint density at radius 2 is 2.30 bits per heavy atom. The van der Waals surface area contributed by atoms with Crippen molar-refractivity contribution in [1.82, 2.24) is 4.90 Å². The highest BCUT2D eigenvalue weighted by Gasteiger charge is 2.22. The minimum absolute atomic E-state index is 0.262. The summed E-state index contributed by atoms with van der Waals surface area (Å²) in [7, 11) is 1.71. The molecular formula is C6H9N3O. The van der Waals surface area contributed by atoms with E-state index in [0.29, 0.717) is 5.70 Å². The van der Waals surface area contributed by atoms with E-state index in [1.165, 1.54) is 0 Å². The molecule has 0 bridgehead atoms. The topological polar surface area (TPSA) is 58.7 Å². The lowest BCUT2D eigenvalue weighted by molar-refractivity contribution is -0.114. The third-order valence-corrected chi connectivity index (χ3v) is 1.41. The van der Waals surface area contributed by atoms with Crippen LogP contribution in [0.1, 0.15) is 6.92 Å². The van der Waals surface area contributed by atoms with E-state index in [1.54, 1.807) is 24.9 Å². The highest BCUT2D eigenvalue weighted by Crippen LogP contribution is 2.09. The van der Waals surface area contributed by atoms with Gasteiger partial charge in [-0.3, -0.25) is 4.79 Å². The van der Waals surface area contributed by atoms with Gasteiger partial charge in [0.2, 0.25) is 5.96 Å². The van der Waals surface area contributed by atoms with Crippen LogP contribution < -0.4 is 5.73 Å². The normalized spacial score (nSPS) is 22.2. The molecule has 0 radical (unpaired) electrons. The predicted molar refractivity (Wildman–Crippen MR) is 38.1 cm³/mol. The van der Waals surface area contributed by atoms with Crippen LogP contribution in [0.15, 0.2) is 16.8 Å². The van der Waals surface area contributed by atoms with Gasteiger partial charge in [-0.25, -0.2) is 0 Å². The number of nitrogens with two attached hydrogens (primary N) is 1. The van der Waals surface area contributed by atoms with Gasteiger partial charge in [-0.2, -0.15) is 4.99 Å². The van der Waals surface area contributed by atoms with Gasteiger partial charge in [-0.15, -0.1) is 0 Å². The zero-order chi connectivity index (χ0) is 7.72. The fraction of sp³-hybridized carbons (Fsp3) is 0.333. The first kappa shape index (κ1) is 6.80. The van der Waals surface area contributed by atoms with Crippen molar-refractivity contribution in [3.8, 4) is 0 Å². The molecule has 2 N–H and O–H groups in total. The largest absolute Gasteiger partial charge is 0.369 e. The van der Waals surface area contributed by atoms with Gasteiger partial charge in [0.1, 0.15) is 5.70 Å². The van der Waals surface area contributed by atoms with Crippen molar-refractivity contribution < 1.29 is 4.79 Å². The van der Waals surface area contributed by atoms with Crippen molar-refractivity contribution in [2.24, 2.45) is 10.7 Å². The van der Waals surface area contributed by atoms with Crippen molar-refractivity contribution >= 4 is 11.9 Å². The standard InChI is InChI=1S/C6H9N3O/c1-3-4-5(10)8-6(7)9(4)2/h3H,1-2H3,(H2,7,8,10)/b4-3-. The molecule has 0 atom stereocenters. The Hall–Kier alpha value is -1.32. The van der Waals surface area contributed by atoms with Gasteiger partial charge in [-0.1, -0.05) is 6.08 Å². The summed E-state index contributed by atoms with van der Waals surface area (Å²) in [6, 6.07) is 0. The number of rotatable bonds is 0. The Bertz CT molecular complexity index is 229. The number of hydrogen-bond donors (Lipinski definition) is 1. The molecule has 0 aromatic carbocycles. The van der Waals surface area contributed by atoms with Crippen LogP contribution in [0.2, 0.25) is 0 Å². The molecule has 0 aromatic rings. The second kappa shape index (κ2) is 2.13. The molecule has 1 rings (SSSR count). The molecular weight excluding hydrogens is 130 g/mol.